The van der Waals surface area contributed by atoms with Crippen molar-refractivity contribution in [2.75, 3.05) is 17.2 Å². The number of alkyl halides is 3. The first-order valence-corrected chi connectivity index (χ1v) is 7.53. The third kappa shape index (κ3) is 3.91. The zero-order valence-electron chi connectivity index (χ0n) is 12.6. The summed E-state index contributed by atoms with van der Waals surface area (Å²) in [6.45, 7) is 2.66. The van der Waals surface area contributed by atoms with Crippen molar-refractivity contribution < 1.29 is 13.2 Å². The molecule has 7 heteroatoms. The number of anilines is 3. The molecule has 1 saturated carbocycles. The third-order valence-electron chi connectivity index (χ3n) is 3.56. The van der Waals surface area contributed by atoms with Crippen molar-refractivity contribution >= 4 is 17.5 Å². The molecule has 1 aliphatic rings. The number of hydrogen-bond donors (Lipinski definition) is 2. The van der Waals surface area contributed by atoms with Gasteiger partial charge in [0.05, 0.1) is 11.3 Å². The van der Waals surface area contributed by atoms with Crippen LogP contribution in [0.3, 0.4) is 0 Å². The summed E-state index contributed by atoms with van der Waals surface area (Å²) in [5.74, 6) is 1.58. The highest BCUT2D eigenvalue weighted by Gasteiger charge is 2.30. The standard InChI is InChI=1S/C16H17F3N4/c1-2-20-15-22-13(10-3-4-10)9-14(23-15)21-12-7-5-11(6-8-12)16(17,18)19/h5-10H,2-4H2,1H3,(H2,20,21,22,23). The van der Waals surface area contributed by atoms with Crippen molar-refractivity contribution in [3.63, 3.8) is 0 Å². The zero-order chi connectivity index (χ0) is 16.4. The molecule has 1 aliphatic carbocycles. The number of halogens is 3. The van der Waals surface area contributed by atoms with E-state index in [1.54, 1.807) is 0 Å². The maximum Gasteiger partial charge on any atom is 0.416 e. The summed E-state index contributed by atoms with van der Waals surface area (Å²) < 4.78 is 37.8. The number of hydrogen-bond acceptors (Lipinski definition) is 4. The maximum atomic E-state index is 12.6. The van der Waals surface area contributed by atoms with E-state index in [0.717, 1.165) is 30.7 Å². The molecule has 0 amide bonds. The topological polar surface area (TPSA) is 49.8 Å². The third-order valence-corrected chi connectivity index (χ3v) is 3.56. The van der Waals surface area contributed by atoms with Crippen LogP contribution in [0.4, 0.5) is 30.6 Å². The molecular formula is C16H17F3N4. The van der Waals surface area contributed by atoms with Crippen LogP contribution in [-0.4, -0.2) is 16.5 Å². The highest BCUT2D eigenvalue weighted by atomic mass is 19.4. The Morgan fingerprint density at radius 2 is 1.83 bits per heavy atom. The van der Waals surface area contributed by atoms with Gasteiger partial charge in [-0.25, -0.2) is 4.98 Å². The minimum Gasteiger partial charge on any atom is -0.354 e. The Kier molecular flexibility index (Phi) is 4.11. The molecule has 1 aromatic heterocycles. The van der Waals surface area contributed by atoms with Crippen molar-refractivity contribution in [1.29, 1.82) is 0 Å². The predicted octanol–water partition coefficient (Wildman–Crippen LogP) is 4.55. The van der Waals surface area contributed by atoms with E-state index in [4.69, 9.17) is 0 Å². The molecule has 3 rings (SSSR count). The van der Waals surface area contributed by atoms with Crippen LogP contribution < -0.4 is 10.6 Å². The number of nitrogens with zero attached hydrogens (tertiary/aromatic N) is 2. The van der Waals surface area contributed by atoms with E-state index in [0.29, 0.717) is 29.9 Å². The van der Waals surface area contributed by atoms with Gasteiger partial charge in [-0.1, -0.05) is 0 Å². The normalized spacial score (nSPS) is 14.6. The van der Waals surface area contributed by atoms with Crippen molar-refractivity contribution in [1.82, 2.24) is 9.97 Å². The first kappa shape index (κ1) is 15.6. The molecule has 0 spiro atoms. The van der Waals surface area contributed by atoms with E-state index in [1.165, 1.54) is 12.1 Å². The molecule has 122 valence electrons. The summed E-state index contributed by atoms with van der Waals surface area (Å²) in [6.07, 6.45) is -2.10. The van der Waals surface area contributed by atoms with Crippen molar-refractivity contribution in [2.45, 2.75) is 31.9 Å². The number of aromatic nitrogens is 2. The van der Waals surface area contributed by atoms with E-state index in [2.05, 4.69) is 20.6 Å². The molecule has 0 aliphatic heterocycles. The van der Waals surface area contributed by atoms with Gasteiger partial charge in [-0.3, -0.25) is 0 Å². The molecule has 2 aromatic rings. The molecule has 0 radical (unpaired) electrons. The Balaban J connectivity index is 1.81. The Morgan fingerprint density at radius 1 is 1.13 bits per heavy atom. The number of rotatable bonds is 5. The van der Waals surface area contributed by atoms with E-state index in [-0.39, 0.29) is 0 Å². The van der Waals surface area contributed by atoms with Gasteiger partial charge in [-0.2, -0.15) is 18.2 Å². The van der Waals surface area contributed by atoms with Crippen LogP contribution in [0.2, 0.25) is 0 Å². The van der Waals surface area contributed by atoms with Gasteiger partial charge in [0.2, 0.25) is 5.95 Å². The highest BCUT2D eigenvalue weighted by Crippen LogP contribution is 2.40. The van der Waals surface area contributed by atoms with Crippen LogP contribution in [0, 0.1) is 0 Å². The van der Waals surface area contributed by atoms with Gasteiger partial charge in [0.15, 0.2) is 0 Å². The summed E-state index contributed by atoms with van der Waals surface area (Å²) in [7, 11) is 0. The molecule has 0 bridgehead atoms. The van der Waals surface area contributed by atoms with E-state index in [9.17, 15) is 13.2 Å². The summed E-state index contributed by atoms with van der Waals surface area (Å²) in [5, 5.41) is 6.12. The Bertz CT molecular complexity index is 679. The highest BCUT2D eigenvalue weighted by molar-refractivity contribution is 5.58. The summed E-state index contributed by atoms with van der Waals surface area (Å²) in [6, 6.07) is 6.76. The number of benzene rings is 1. The van der Waals surface area contributed by atoms with E-state index in [1.807, 2.05) is 13.0 Å². The monoisotopic (exact) mass is 322 g/mol. The summed E-state index contributed by atoms with van der Waals surface area (Å²) in [5.41, 5.74) is 0.851. The lowest BCUT2D eigenvalue weighted by Crippen LogP contribution is -2.07. The van der Waals surface area contributed by atoms with Crippen LogP contribution in [0.5, 0.6) is 0 Å². The quantitative estimate of drug-likeness (QED) is 0.848. The van der Waals surface area contributed by atoms with Crippen molar-refractivity contribution in [3.05, 3.63) is 41.6 Å². The lowest BCUT2D eigenvalue weighted by molar-refractivity contribution is -0.137. The van der Waals surface area contributed by atoms with Crippen LogP contribution >= 0.6 is 0 Å². The fraction of sp³-hybridized carbons (Fsp3) is 0.375. The molecule has 2 N–H and O–H groups in total. The second-order valence-electron chi connectivity index (χ2n) is 5.51. The first-order valence-electron chi connectivity index (χ1n) is 7.53. The van der Waals surface area contributed by atoms with Gasteiger partial charge in [-0.15, -0.1) is 0 Å². The van der Waals surface area contributed by atoms with Crippen molar-refractivity contribution in [2.24, 2.45) is 0 Å². The second-order valence-corrected chi connectivity index (χ2v) is 5.51. The van der Waals surface area contributed by atoms with Gasteiger partial charge in [0, 0.05) is 24.2 Å². The van der Waals surface area contributed by atoms with Gasteiger partial charge in [0.25, 0.3) is 0 Å². The van der Waals surface area contributed by atoms with Gasteiger partial charge < -0.3 is 10.6 Å². The lowest BCUT2D eigenvalue weighted by atomic mass is 10.2. The van der Waals surface area contributed by atoms with Crippen LogP contribution in [-0.2, 0) is 6.18 Å². The first-order chi connectivity index (χ1) is 11.0. The van der Waals surface area contributed by atoms with E-state index < -0.39 is 11.7 Å². The second kappa shape index (κ2) is 6.06. The molecule has 1 heterocycles. The van der Waals surface area contributed by atoms with Gasteiger partial charge >= 0.3 is 6.18 Å². The minimum absolute atomic E-state index is 0.462. The van der Waals surface area contributed by atoms with Crippen LogP contribution in [0.15, 0.2) is 30.3 Å². The average molecular weight is 322 g/mol. The molecule has 1 fully saturated rings. The van der Waals surface area contributed by atoms with Gasteiger partial charge in [0.1, 0.15) is 5.82 Å². The molecule has 23 heavy (non-hydrogen) atoms. The Morgan fingerprint density at radius 3 is 2.39 bits per heavy atom. The largest absolute Gasteiger partial charge is 0.416 e. The van der Waals surface area contributed by atoms with Gasteiger partial charge in [-0.05, 0) is 44.0 Å². The summed E-state index contributed by atoms with van der Waals surface area (Å²) >= 11 is 0. The van der Waals surface area contributed by atoms with E-state index >= 15 is 0 Å². The molecule has 4 nitrogen and oxygen atoms in total. The van der Waals surface area contributed by atoms with Crippen LogP contribution in [0.25, 0.3) is 0 Å². The average Bonchev–Trinajstić information content (AvgIpc) is 3.31. The molecule has 0 atom stereocenters. The minimum atomic E-state index is -4.33. The van der Waals surface area contributed by atoms with Crippen LogP contribution in [0.1, 0.15) is 36.9 Å². The maximum absolute atomic E-state index is 12.6. The number of nitrogens with one attached hydrogen (secondary N) is 2. The predicted molar refractivity (Wildman–Crippen MR) is 82.9 cm³/mol. The Labute approximate surface area is 132 Å². The zero-order valence-corrected chi connectivity index (χ0v) is 12.6. The summed E-state index contributed by atoms with van der Waals surface area (Å²) in [4.78, 5) is 8.81. The smallest absolute Gasteiger partial charge is 0.354 e. The molecular weight excluding hydrogens is 305 g/mol. The van der Waals surface area contributed by atoms with Crippen molar-refractivity contribution in [3.8, 4) is 0 Å². The fourth-order valence-corrected chi connectivity index (χ4v) is 2.25. The fourth-order valence-electron chi connectivity index (χ4n) is 2.25. The Hall–Kier alpha value is -2.31. The molecule has 1 aromatic carbocycles. The lowest BCUT2D eigenvalue weighted by Gasteiger charge is -2.11. The molecule has 0 saturated heterocycles. The SMILES string of the molecule is CCNc1nc(Nc2ccc(C(F)(F)F)cc2)cc(C2CC2)n1. The molecule has 0 unspecified atom stereocenters.